The second kappa shape index (κ2) is 11.7. The van der Waals surface area contributed by atoms with Gasteiger partial charge in [0.2, 0.25) is 0 Å². The summed E-state index contributed by atoms with van der Waals surface area (Å²) < 4.78 is 0. The van der Waals surface area contributed by atoms with Gasteiger partial charge in [0.05, 0.1) is 0 Å². The average molecular weight is 250 g/mol. The summed E-state index contributed by atoms with van der Waals surface area (Å²) in [5.41, 5.74) is 5.97. The summed E-state index contributed by atoms with van der Waals surface area (Å²) in [6.07, 6.45) is 13.8. The molecule has 0 amide bonds. The smallest absolute Gasteiger partial charge is 0.00970 e. The summed E-state index contributed by atoms with van der Waals surface area (Å²) >= 11 is 0. The summed E-state index contributed by atoms with van der Waals surface area (Å²) in [6.45, 7) is 6.52. The van der Waals surface area contributed by atoms with Gasteiger partial charge in [-0.15, -0.1) is 12.4 Å². The van der Waals surface area contributed by atoms with Gasteiger partial charge in [-0.2, -0.15) is 0 Å². The minimum Gasteiger partial charge on any atom is -0.326 e. The molecule has 0 saturated carbocycles. The fourth-order valence-electron chi connectivity index (χ4n) is 1.89. The Morgan fingerprint density at radius 3 is 1.50 bits per heavy atom. The van der Waals surface area contributed by atoms with Crippen LogP contribution in [-0.2, 0) is 0 Å². The lowest BCUT2D eigenvalue weighted by atomic mass is 9.97. The second-order valence-corrected chi connectivity index (χ2v) is 5.57. The van der Waals surface area contributed by atoms with Crippen molar-refractivity contribution in [1.29, 1.82) is 0 Å². The largest absolute Gasteiger partial charge is 0.326 e. The van der Waals surface area contributed by atoms with E-state index < -0.39 is 0 Å². The van der Waals surface area contributed by atoms with Gasteiger partial charge in [0.1, 0.15) is 0 Å². The van der Waals surface area contributed by atoms with Crippen LogP contribution in [-0.4, -0.2) is 5.54 Å². The fraction of sp³-hybridized carbons (Fsp3) is 1.00. The number of rotatable bonds is 10. The maximum Gasteiger partial charge on any atom is 0.00970 e. The molecule has 0 radical (unpaired) electrons. The van der Waals surface area contributed by atoms with Crippen molar-refractivity contribution in [2.45, 2.75) is 90.5 Å². The molecule has 0 aliphatic rings. The van der Waals surface area contributed by atoms with E-state index >= 15 is 0 Å². The van der Waals surface area contributed by atoms with E-state index in [9.17, 15) is 0 Å². The van der Waals surface area contributed by atoms with Crippen LogP contribution in [0.25, 0.3) is 0 Å². The molecule has 2 heteroatoms. The van der Waals surface area contributed by atoms with Crippen molar-refractivity contribution in [3.05, 3.63) is 0 Å². The number of unbranched alkanes of at least 4 members (excludes halogenated alkanes) is 8. The van der Waals surface area contributed by atoms with Crippen molar-refractivity contribution in [2.24, 2.45) is 5.73 Å². The van der Waals surface area contributed by atoms with Crippen molar-refractivity contribution in [2.75, 3.05) is 0 Å². The molecule has 100 valence electrons. The van der Waals surface area contributed by atoms with Crippen LogP contribution in [0, 0.1) is 0 Å². The van der Waals surface area contributed by atoms with Gasteiger partial charge in [0.25, 0.3) is 0 Å². The van der Waals surface area contributed by atoms with E-state index in [2.05, 4.69) is 20.8 Å². The minimum atomic E-state index is 0. The molecule has 0 aromatic carbocycles. The predicted molar refractivity (Wildman–Crippen MR) is 77.4 cm³/mol. The third kappa shape index (κ3) is 16.7. The maximum absolute atomic E-state index is 5.93. The molecule has 0 rings (SSSR count). The van der Waals surface area contributed by atoms with E-state index in [4.69, 9.17) is 5.73 Å². The van der Waals surface area contributed by atoms with E-state index in [-0.39, 0.29) is 17.9 Å². The van der Waals surface area contributed by atoms with Crippen LogP contribution in [0.5, 0.6) is 0 Å². The van der Waals surface area contributed by atoms with Gasteiger partial charge < -0.3 is 5.73 Å². The number of hydrogen-bond acceptors (Lipinski definition) is 1. The third-order valence-electron chi connectivity index (χ3n) is 2.92. The minimum absolute atomic E-state index is 0. The van der Waals surface area contributed by atoms with E-state index in [0.717, 1.165) is 0 Å². The van der Waals surface area contributed by atoms with Crippen molar-refractivity contribution in [3.8, 4) is 0 Å². The predicted octanol–water partition coefficient (Wildman–Crippen LogP) is 5.07. The first kappa shape index (κ1) is 18.6. The molecule has 0 atom stereocenters. The molecule has 0 unspecified atom stereocenters. The van der Waals surface area contributed by atoms with Crippen LogP contribution in [0.2, 0.25) is 0 Å². The first-order valence-corrected chi connectivity index (χ1v) is 6.85. The molecule has 0 aliphatic heterocycles. The molecule has 0 saturated heterocycles. The highest BCUT2D eigenvalue weighted by Gasteiger charge is 2.08. The SMILES string of the molecule is CCCCCCCCCCCC(C)(C)N.Cl. The Hall–Kier alpha value is 0.250. The highest BCUT2D eigenvalue weighted by molar-refractivity contribution is 5.85. The van der Waals surface area contributed by atoms with Gasteiger partial charge >= 0.3 is 0 Å². The van der Waals surface area contributed by atoms with Gasteiger partial charge in [-0.3, -0.25) is 0 Å². The van der Waals surface area contributed by atoms with Gasteiger partial charge in [0.15, 0.2) is 0 Å². The fourth-order valence-corrected chi connectivity index (χ4v) is 1.89. The lowest BCUT2D eigenvalue weighted by Gasteiger charge is -2.17. The summed E-state index contributed by atoms with van der Waals surface area (Å²) in [6, 6.07) is 0. The second-order valence-electron chi connectivity index (χ2n) is 5.57. The summed E-state index contributed by atoms with van der Waals surface area (Å²) in [7, 11) is 0. The molecule has 0 aromatic rings. The van der Waals surface area contributed by atoms with E-state index in [1.807, 2.05) is 0 Å². The molecular formula is C14H32ClN. The standard InChI is InChI=1S/C14H31N.ClH/c1-4-5-6-7-8-9-10-11-12-13-14(2,3)15;/h4-13,15H2,1-3H3;1H. The first-order chi connectivity index (χ1) is 7.06. The summed E-state index contributed by atoms with van der Waals surface area (Å²) in [5.74, 6) is 0. The lowest BCUT2D eigenvalue weighted by molar-refractivity contribution is 0.440. The molecule has 0 aliphatic carbocycles. The maximum atomic E-state index is 5.93. The van der Waals surface area contributed by atoms with E-state index in [1.54, 1.807) is 0 Å². The van der Waals surface area contributed by atoms with Gasteiger partial charge in [0, 0.05) is 5.54 Å². The third-order valence-corrected chi connectivity index (χ3v) is 2.92. The zero-order valence-electron chi connectivity index (χ0n) is 11.6. The van der Waals surface area contributed by atoms with Crippen LogP contribution >= 0.6 is 12.4 Å². The Labute approximate surface area is 109 Å². The normalized spacial score (nSPS) is 11.2. The van der Waals surface area contributed by atoms with Crippen LogP contribution < -0.4 is 5.73 Å². The van der Waals surface area contributed by atoms with Gasteiger partial charge in [-0.05, 0) is 20.3 Å². The molecule has 0 bridgehead atoms. The quantitative estimate of drug-likeness (QED) is 0.538. The Kier molecular flexibility index (Phi) is 13.6. The Morgan fingerprint density at radius 1 is 0.750 bits per heavy atom. The zero-order valence-corrected chi connectivity index (χ0v) is 12.4. The zero-order chi connectivity index (χ0) is 11.6. The molecule has 0 heterocycles. The van der Waals surface area contributed by atoms with Crippen LogP contribution in [0.4, 0.5) is 0 Å². The first-order valence-electron chi connectivity index (χ1n) is 6.85. The van der Waals surface area contributed by atoms with Crippen molar-refractivity contribution < 1.29 is 0 Å². The number of halogens is 1. The number of hydrogen-bond donors (Lipinski definition) is 1. The Bertz CT molecular complexity index is 129. The molecule has 0 spiro atoms. The van der Waals surface area contributed by atoms with Gasteiger partial charge in [-0.25, -0.2) is 0 Å². The highest BCUT2D eigenvalue weighted by atomic mass is 35.5. The monoisotopic (exact) mass is 249 g/mol. The van der Waals surface area contributed by atoms with Crippen molar-refractivity contribution in [1.82, 2.24) is 0 Å². The molecule has 2 N–H and O–H groups in total. The Balaban J connectivity index is 0. The van der Waals surface area contributed by atoms with Crippen molar-refractivity contribution in [3.63, 3.8) is 0 Å². The van der Waals surface area contributed by atoms with Crippen molar-refractivity contribution >= 4 is 12.4 Å². The average Bonchev–Trinajstić information content (AvgIpc) is 2.14. The Morgan fingerprint density at radius 2 is 1.12 bits per heavy atom. The highest BCUT2D eigenvalue weighted by Crippen LogP contribution is 2.13. The van der Waals surface area contributed by atoms with Crippen LogP contribution in [0.3, 0.4) is 0 Å². The molecular weight excluding hydrogens is 218 g/mol. The molecule has 16 heavy (non-hydrogen) atoms. The molecule has 0 aromatic heterocycles. The van der Waals surface area contributed by atoms with E-state index in [1.165, 1.54) is 64.2 Å². The lowest BCUT2D eigenvalue weighted by Crippen LogP contribution is -2.31. The van der Waals surface area contributed by atoms with Crippen LogP contribution in [0.1, 0.15) is 85.0 Å². The van der Waals surface area contributed by atoms with Crippen LogP contribution in [0.15, 0.2) is 0 Å². The molecule has 1 nitrogen and oxygen atoms in total. The summed E-state index contributed by atoms with van der Waals surface area (Å²) in [4.78, 5) is 0. The molecule has 0 fully saturated rings. The number of nitrogens with two attached hydrogens (primary N) is 1. The summed E-state index contributed by atoms with van der Waals surface area (Å²) in [5, 5.41) is 0. The van der Waals surface area contributed by atoms with E-state index in [0.29, 0.717) is 0 Å². The topological polar surface area (TPSA) is 26.0 Å². The van der Waals surface area contributed by atoms with Gasteiger partial charge in [-0.1, -0.05) is 64.7 Å².